The van der Waals surface area contributed by atoms with Crippen LogP contribution in [0.2, 0.25) is 0 Å². The Balaban J connectivity index is 2.71. The lowest BCUT2D eigenvalue weighted by Crippen LogP contribution is -2.37. The van der Waals surface area contributed by atoms with E-state index in [-0.39, 0.29) is 6.04 Å². The molecule has 0 fully saturated rings. The zero-order valence-corrected chi connectivity index (χ0v) is 13.5. The van der Waals surface area contributed by atoms with Gasteiger partial charge in [-0.3, -0.25) is 4.79 Å². The summed E-state index contributed by atoms with van der Waals surface area (Å²) in [5.41, 5.74) is 0.901. The molecule has 1 N–H and O–H groups in total. The highest BCUT2D eigenvalue weighted by atomic mass is 79.9. The van der Waals surface area contributed by atoms with Crippen LogP contribution in [-0.2, 0) is 14.8 Å². The van der Waals surface area contributed by atoms with Crippen LogP contribution in [0.1, 0.15) is 18.5 Å². The van der Waals surface area contributed by atoms with Gasteiger partial charge in [-0.25, -0.2) is 12.7 Å². The van der Waals surface area contributed by atoms with E-state index >= 15 is 0 Å². The molecule has 1 amide bonds. The summed E-state index contributed by atoms with van der Waals surface area (Å²) in [6.45, 7) is 1.81. The second-order valence-corrected chi connectivity index (χ2v) is 7.39. The standard InChI is InChI=1S/C12H17BrN2O3S/c1-9(10-6-4-5-7-11(10)13)14-12(16)8-19(17,18)15(2)3/h4-7,9H,8H2,1-3H3,(H,14,16)/t9-/m1/s1. The van der Waals surface area contributed by atoms with Crippen molar-refractivity contribution in [1.29, 1.82) is 0 Å². The molecule has 106 valence electrons. The van der Waals surface area contributed by atoms with E-state index in [0.717, 1.165) is 14.3 Å². The molecule has 0 aliphatic heterocycles. The van der Waals surface area contributed by atoms with Gasteiger partial charge in [-0.15, -0.1) is 0 Å². The molecule has 1 rings (SSSR count). The smallest absolute Gasteiger partial charge is 0.237 e. The second kappa shape index (κ2) is 6.49. The van der Waals surface area contributed by atoms with Crippen LogP contribution >= 0.6 is 15.9 Å². The largest absolute Gasteiger partial charge is 0.349 e. The molecular formula is C12H17BrN2O3S. The van der Waals surface area contributed by atoms with Crippen molar-refractivity contribution >= 4 is 31.9 Å². The first kappa shape index (κ1) is 16.1. The summed E-state index contributed by atoms with van der Waals surface area (Å²) in [4.78, 5) is 11.7. The average molecular weight is 349 g/mol. The van der Waals surface area contributed by atoms with E-state index in [1.165, 1.54) is 14.1 Å². The number of amides is 1. The van der Waals surface area contributed by atoms with Crippen molar-refractivity contribution < 1.29 is 13.2 Å². The van der Waals surface area contributed by atoms with Gasteiger partial charge in [0.15, 0.2) is 0 Å². The monoisotopic (exact) mass is 348 g/mol. The average Bonchev–Trinajstić information content (AvgIpc) is 2.28. The number of benzene rings is 1. The van der Waals surface area contributed by atoms with E-state index in [4.69, 9.17) is 0 Å². The maximum Gasteiger partial charge on any atom is 0.237 e. The van der Waals surface area contributed by atoms with Crippen molar-refractivity contribution in [1.82, 2.24) is 9.62 Å². The molecule has 0 aromatic heterocycles. The van der Waals surface area contributed by atoms with Gasteiger partial charge in [0.25, 0.3) is 0 Å². The number of carbonyl (C=O) groups excluding carboxylic acids is 1. The van der Waals surface area contributed by atoms with Gasteiger partial charge < -0.3 is 5.32 Å². The van der Waals surface area contributed by atoms with Crippen LogP contribution in [0, 0.1) is 0 Å². The lowest BCUT2D eigenvalue weighted by molar-refractivity contribution is -0.119. The molecule has 0 unspecified atom stereocenters. The van der Waals surface area contributed by atoms with Gasteiger partial charge in [-0.1, -0.05) is 34.1 Å². The van der Waals surface area contributed by atoms with Crippen LogP contribution in [0.4, 0.5) is 0 Å². The molecule has 1 atom stereocenters. The Bertz CT molecular complexity index is 558. The van der Waals surface area contributed by atoms with Crippen molar-refractivity contribution in [2.24, 2.45) is 0 Å². The maximum absolute atomic E-state index is 11.7. The molecule has 0 aliphatic carbocycles. The van der Waals surface area contributed by atoms with E-state index in [1.807, 2.05) is 24.3 Å². The Morgan fingerprint density at radius 3 is 2.47 bits per heavy atom. The van der Waals surface area contributed by atoms with Crippen LogP contribution < -0.4 is 5.32 Å². The van der Waals surface area contributed by atoms with E-state index in [0.29, 0.717) is 0 Å². The quantitative estimate of drug-likeness (QED) is 0.877. The fourth-order valence-corrected chi connectivity index (χ4v) is 2.78. The topological polar surface area (TPSA) is 66.5 Å². The summed E-state index contributed by atoms with van der Waals surface area (Å²) in [7, 11) is -0.721. The fraction of sp³-hybridized carbons (Fsp3) is 0.417. The Hall–Kier alpha value is -0.920. The Morgan fingerprint density at radius 1 is 1.37 bits per heavy atom. The molecule has 1 aromatic carbocycles. The van der Waals surface area contributed by atoms with Crippen molar-refractivity contribution in [3.8, 4) is 0 Å². The number of hydrogen-bond donors (Lipinski definition) is 1. The van der Waals surface area contributed by atoms with E-state index in [2.05, 4.69) is 21.2 Å². The Labute approximate surface area is 122 Å². The molecule has 0 bridgehead atoms. The highest BCUT2D eigenvalue weighted by molar-refractivity contribution is 9.10. The number of nitrogens with zero attached hydrogens (tertiary/aromatic N) is 1. The van der Waals surface area contributed by atoms with E-state index < -0.39 is 21.7 Å². The molecule has 0 radical (unpaired) electrons. The van der Waals surface area contributed by atoms with Gasteiger partial charge >= 0.3 is 0 Å². The lowest BCUT2D eigenvalue weighted by Gasteiger charge is -2.17. The Morgan fingerprint density at radius 2 is 1.95 bits per heavy atom. The number of sulfonamides is 1. The van der Waals surface area contributed by atoms with Crippen molar-refractivity contribution in [2.75, 3.05) is 19.8 Å². The number of hydrogen-bond acceptors (Lipinski definition) is 3. The number of carbonyl (C=O) groups is 1. The predicted octanol–water partition coefficient (Wildman–Crippen LogP) is 1.52. The number of rotatable bonds is 5. The van der Waals surface area contributed by atoms with Gasteiger partial charge in [0.1, 0.15) is 5.75 Å². The zero-order chi connectivity index (χ0) is 14.6. The molecule has 19 heavy (non-hydrogen) atoms. The van der Waals surface area contributed by atoms with E-state index in [1.54, 1.807) is 6.92 Å². The second-order valence-electron chi connectivity index (χ2n) is 4.35. The fourth-order valence-electron chi connectivity index (χ4n) is 1.48. The molecular weight excluding hydrogens is 332 g/mol. The van der Waals surface area contributed by atoms with Gasteiger partial charge in [0.2, 0.25) is 15.9 Å². The molecule has 0 aliphatic rings. The summed E-state index contributed by atoms with van der Waals surface area (Å²) in [5.74, 6) is -1.06. The normalized spacial score (nSPS) is 13.3. The molecule has 0 spiro atoms. The molecule has 0 heterocycles. The maximum atomic E-state index is 11.7. The third-order valence-electron chi connectivity index (χ3n) is 2.62. The minimum Gasteiger partial charge on any atom is -0.349 e. The van der Waals surface area contributed by atoms with Crippen LogP contribution in [-0.4, -0.2) is 38.5 Å². The van der Waals surface area contributed by atoms with Gasteiger partial charge in [-0.2, -0.15) is 0 Å². The van der Waals surface area contributed by atoms with E-state index in [9.17, 15) is 13.2 Å². The Kier molecular flexibility index (Phi) is 5.51. The van der Waals surface area contributed by atoms with Crippen LogP contribution in [0.15, 0.2) is 28.7 Å². The third kappa shape index (κ3) is 4.59. The number of nitrogens with one attached hydrogen (secondary N) is 1. The lowest BCUT2D eigenvalue weighted by atomic mass is 10.1. The molecule has 1 aromatic rings. The van der Waals surface area contributed by atoms with Gasteiger partial charge in [0, 0.05) is 18.6 Å². The van der Waals surface area contributed by atoms with Gasteiger partial charge in [-0.05, 0) is 18.6 Å². The minimum atomic E-state index is -3.53. The summed E-state index contributed by atoms with van der Waals surface area (Å²) < 4.78 is 25.1. The van der Waals surface area contributed by atoms with Crippen molar-refractivity contribution in [3.05, 3.63) is 34.3 Å². The highest BCUT2D eigenvalue weighted by Crippen LogP contribution is 2.22. The summed E-state index contributed by atoms with van der Waals surface area (Å²) in [5, 5.41) is 2.67. The van der Waals surface area contributed by atoms with Crippen LogP contribution in [0.25, 0.3) is 0 Å². The molecule has 0 saturated carbocycles. The van der Waals surface area contributed by atoms with Crippen molar-refractivity contribution in [3.63, 3.8) is 0 Å². The first-order valence-electron chi connectivity index (χ1n) is 5.68. The molecule has 5 nitrogen and oxygen atoms in total. The van der Waals surface area contributed by atoms with Crippen molar-refractivity contribution in [2.45, 2.75) is 13.0 Å². The zero-order valence-electron chi connectivity index (χ0n) is 11.1. The summed E-state index contributed by atoms with van der Waals surface area (Å²) in [6.07, 6.45) is 0. The molecule has 0 saturated heterocycles. The minimum absolute atomic E-state index is 0.263. The summed E-state index contributed by atoms with van der Waals surface area (Å²) in [6, 6.07) is 7.21. The third-order valence-corrected chi connectivity index (χ3v) is 5.08. The molecule has 7 heteroatoms. The van der Waals surface area contributed by atoms with Crippen LogP contribution in [0.3, 0.4) is 0 Å². The van der Waals surface area contributed by atoms with Crippen LogP contribution in [0.5, 0.6) is 0 Å². The first-order valence-corrected chi connectivity index (χ1v) is 8.08. The predicted molar refractivity (Wildman–Crippen MR) is 78.2 cm³/mol. The number of halogens is 1. The highest BCUT2D eigenvalue weighted by Gasteiger charge is 2.20. The SMILES string of the molecule is C[C@@H](NC(=O)CS(=O)(=O)N(C)C)c1ccccc1Br. The summed E-state index contributed by atoms with van der Waals surface area (Å²) >= 11 is 3.39. The first-order chi connectivity index (χ1) is 8.74. The van der Waals surface area contributed by atoms with Gasteiger partial charge in [0.05, 0.1) is 6.04 Å².